The third kappa shape index (κ3) is 2.66. The predicted molar refractivity (Wildman–Crippen MR) is 46.6 cm³/mol. The van der Waals surface area contributed by atoms with Crippen molar-refractivity contribution in [1.82, 2.24) is 0 Å². The molecule has 1 radical (unpaired) electrons. The molecule has 0 aliphatic carbocycles. The van der Waals surface area contributed by atoms with Crippen LogP contribution in [-0.4, -0.2) is 17.3 Å². The first-order valence-corrected chi connectivity index (χ1v) is 3.79. The largest absolute Gasteiger partial charge is 0.283 e. The van der Waals surface area contributed by atoms with Gasteiger partial charge in [-0.15, -0.1) is 0 Å². The van der Waals surface area contributed by atoms with Crippen LogP contribution in [-0.2, 0) is 11.2 Å². The van der Waals surface area contributed by atoms with E-state index < -0.39 is 11.0 Å². The molecule has 0 fully saturated rings. The first-order valence-electron chi connectivity index (χ1n) is 3.79. The minimum Gasteiger partial charge on any atom is -0.283 e. The number of benzene rings is 1. The number of nitro groups is 1. The molecule has 0 aliphatic heterocycles. The summed E-state index contributed by atoms with van der Waals surface area (Å²) in [6.45, 7) is 0. The molecule has 0 amide bonds. The van der Waals surface area contributed by atoms with Gasteiger partial charge in [-0.25, -0.2) is 0 Å². The van der Waals surface area contributed by atoms with Crippen LogP contribution in [0.25, 0.3) is 0 Å². The van der Waals surface area contributed by atoms with E-state index in [0.29, 0.717) is 0 Å². The Kier molecular flexibility index (Phi) is 3.14. The third-order valence-corrected chi connectivity index (χ3v) is 1.66. The molecule has 13 heavy (non-hydrogen) atoms. The first-order chi connectivity index (χ1) is 6.24. The van der Waals surface area contributed by atoms with Crippen molar-refractivity contribution in [1.29, 1.82) is 0 Å². The quantitative estimate of drug-likeness (QED) is 0.510. The first kappa shape index (κ1) is 9.38. The molecule has 0 saturated carbocycles. The van der Waals surface area contributed by atoms with Gasteiger partial charge in [-0.3, -0.25) is 14.9 Å². The summed E-state index contributed by atoms with van der Waals surface area (Å²) >= 11 is 0. The highest BCUT2D eigenvalue weighted by Crippen LogP contribution is 2.03. The van der Waals surface area contributed by atoms with Crippen molar-refractivity contribution in [3.8, 4) is 0 Å². The van der Waals surface area contributed by atoms with E-state index in [2.05, 4.69) is 0 Å². The van der Waals surface area contributed by atoms with E-state index in [1.54, 1.807) is 24.3 Å². The lowest BCUT2D eigenvalue weighted by Gasteiger charge is -2.00. The zero-order chi connectivity index (χ0) is 9.68. The highest BCUT2D eigenvalue weighted by Gasteiger charge is 2.19. The smallest absolute Gasteiger partial charge is 0.282 e. The Hall–Kier alpha value is -1.71. The number of hydrogen-bond acceptors (Lipinski definition) is 3. The van der Waals surface area contributed by atoms with E-state index in [9.17, 15) is 14.9 Å². The Morgan fingerprint density at radius 2 is 2.00 bits per heavy atom. The molecule has 1 aromatic carbocycles. The number of carbonyl (C=O) groups excluding carboxylic acids is 1. The average Bonchev–Trinajstić information content (AvgIpc) is 2.15. The van der Waals surface area contributed by atoms with Gasteiger partial charge in [0.25, 0.3) is 12.3 Å². The van der Waals surface area contributed by atoms with Gasteiger partial charge in [0, 0.05) is 11.3 Å². The van der Waals surface area contributed by atoms with Gasteiger partial charge < -0.3 is 0 Å². The van der Waals surface area contributed by atoms with Crippen LogP contribution >= 0.6 is 0 Å². The zero-order valence-electron chi connectivity index (χ0n) is 6.84. The second-order valence-electron chi connectivity index (χ2n) is 2.61. The lowest BCUT2D eigenvalue weighted by Crippen LogP contribution is -2.23. The molecule has 4 nitrogen and oxygen atoms in total. The summed E-state index contributed by atoms with van der Waals surface area (Å²) in [4.78, 5) is 19.8. The fraction of sp³-hybridized carbons (Fsp3) is 0.222. The summed E-state index contributed by atoms with van der Waals surface area (Å²) in [6, 6.07) is 7.60. The molecule has 67 valence electrons. The Labute approximate surface area is 75.3 Å². The van der Waals surface area contributed by atoms with Gasteiger partial charge in [0.05, 0.1) is 0 Å². The van der Waals surface area contributed by atoms with Crippen LogP contribution in [0.3, 0.4) is 0 Å². The molecular weight excluding hydrogens is 170 g/mol. The third-order valence-electron chi connectivity index (χ3n) is 1.66. The summed E-state index contributed by atoms with van der Waals surface area (Å²) in [6.07, 6.45) is 1.51. The van der Waals surface area contributed by atoms with Crippen LogP contribution in [0, 0.1) is 10.1 Å². The molecule has 0 aromatic heterocycles. The topological polar surface area (TPSA) is 60.2 Å². The molecule has 1 aromatic rings. The predicted octanol–water partition coefficient (Wildman–Crippen LogP) is 0.984. The normalized spacial score (nSPS) is 12.0. The number of hydrogen-bond donors (Lipinski definition) is 0. The van der Waals surface area contributed by atoms with Crippen molar-refractivity contribution in [2.24, 2.45) is 0 Å². The fourth-order valence-electron chi connectivity index (χ4n) is 0.997. The molecule has 0 heterocycles. The van der Waals surface area contributed by atoms with Crippen molar-refractivity contribution < 1.29 is 9.72 Å². The van der Waals surface area contributed by atoms with Gasteiger partial charge in [-0.2, -0.15) is 0 Å². The molecule has 0 N–H and O–H groups in total. The average molecular weight is 178 g/mol. The monoisotopic (exact) mass is 178 g/mol. The van der Waals surface area contributed by atoms with Crippen molar-refractivity contribution in [3.05, 3.63) is 46.0 Å². The van der Waals surface area contributed by atoms with E-state index >= 15 is 0 Å². The fourth-order valence-corrected chi connectivity index (χ4v) is 0.997. The van der Waals surface area contributed by atoms with E-state index in [-0.39, 0.29) is 6.42 Å². The molecular formula is C9H8NO3. The van der Waals surface area contributed by atoms with Crippen LogP contribution in [0.4, 0.5) is 0 Å². The van der Waals surface area contributed by atoms with Gasteiger partial charge in [0.2, 0.25) is 0 Å². The van der Waals surface area contributed by atoms with Gasteiger partial charge in [-0.05, 0) is 5.56 Å². The summed E-state index contributed by atoms with van der Waals surface area (Å²) in [5.74, 6) is 0. The summed E-state index contributed by atoms with van der Waals surface area (Å²) in [7, 11) is 0. The molecule has 1 unspecified atom stereocenters. The van der Waals surface area contributed by atoms with E-state index in [1.165, 1.54) is 6.29 Å². The van der Waals surface area contributed by atoms with Gasteiger partial charge in [0.15, 0.2) is 0 Å². The van der Waals surface area contributed by atoms with Crippen LogP contribution in [0.2, 0.25) is 0 Å². The van der Waals surface area contributed by atoms with E-state index in [4.69, 9.17) is 0 Å². The molecule has 0 aliphatic rings. The lowest BCUT2D eigenvalue weighted by atomic mass is 10.1. The number of nitrogens with zero attached hydrogens (tertiary/aromatic N) is 1. The van der Waals surface area contributed by atoms with Crippen molar-refractivity contribution in [2.75, 3.05) is 0 Å². The van der Waals surface area contributed by atoms with Gasteiger partial charge in [-0.1, -0.05) is 30.3 Å². The Morgan fingerprint density at radius 3 is 2.46 bits per heavy atom. The SMILES string of the molecule is O=[C]C(Cc1ccccc1)[N+](=O)[O-]. The standard InChI is InChI=1S/C9H8NO3/c11-7-9(10(12)13)6-8-4-2-1-3-5-8/h1-5,9H,6H2. The molecule has 0 spiro atoms. The van der Waals surface area contributed by atoms with Crippen LogP contribution in [0.15, 0.2) is 30.3 Å². The summed E-state index contributed by atoms with van der Waals surface area (Å²) in [5, 5.41) is 10.3. The number of rotatable bonds is 4. The molecule has 0 bridgehead atoms. The Morgan fingerprint density at radius 1 is 1.38 bits per heavy atom. The van der Waals surface area contributed by atoms with Crippen molar-refractivity contribution in [3.63, 3.8) is 0 Å². The van der Waals surface area contributed by atoms with Crippen LogP contribution in [0.1, 0.15) is 5.56 Å². The minimum atomic E-state index is -1.25. The maximum absolute atomic E-state index is 10.3. The summed E-state index contributed by atoms with van der Waals surface area (Å²) in [5.41, 5.74) is 0.771. The van der Waals surface area contributed by atoms with Crippen molar-refractivity contribution in [2.45, 2.75) is 12.5 Å². The van der Waals surface area contributed by atoms with Gasteiger partial charge in [0.1, 0.15) is 0 Å². The van der Waals surface area contributed by atoms with Crippen LogP contribution < -0.4 is 0 Å². The van der Waals surface area contributed by atoms with E-state index in [1.807, 2.05) is 6.07 Å². The second-order valence-corrected chi connectivity index (χ2v) is 2.61. The Balaban J connectivity index is 2.67. The zero-order valence-corrected chi connectivity index (χ0v) is 6.84. The highest BCUT2D eigenvalue weighted by atomic mass is 16.6. The van der Waals surface area contributed by atoms with Gasteiger partial charge >= 0.3 is 0 Å². The van der Waals surface area contributed by atoms with Crippen molar-refractivity contribution >= 4 is 6.29 Å². The maximum atomic E-state index is 10.3. The Bertz CT molecular complexity index is 297. The second kappa shape index (κ2) is 4.35. The minimum absolute atomic E-state index is 0.108. The highest BCUT2D eigenvalue weighted by molar-refractivity contribution is 5.57. The maximum Gasteiger partial charge on any atom is 0.282 e. The molecule has 0 saturated heterocycles. The van der Waals surface area contributed by atoms with Crippen LogP contribution in [0.5, 0.6) is 0 Å². The molecule has 1 rings (SSSR count). The summed E-state index contributed by atoms with van der Waals surface area (Å²) < 4.78 is 0. The molecule has 4 heteroatoms. The molecule has 1 atom stereocenters. The lowest BCUT2D eigenvalue weighted by molar-refractivity contribution is -0.502. The van der Waals surface area contributed by atoms with E-state index in [0.717, 1.165) is 5.56 Å².